The molecule has 0 aliphatic rings. The summed E-state index contributed by atoms with van der Waals surface area (Å²) < 4.78 is 0. The molecule has 0 bridgehead atoms. The van der Waals surface area contributed by atoms with Crippen LogP contribution >= 0.6 is 7.92 Å². The maximum absolute atomic E-state index is 10.8. The lowest BCUT2D eigenvalue weighted by Crippen LogP contribution is -2.20. The molecule has 0 heterocycles. The molecule has 0 fully saturated rings. The number of nitro benzene ring substituents is 1. The quantitative estimate of drug-likeness (QED) is 0.421. The summed E-state index contributed by atoms with van der Waals surface area (Å²) in [5.41, 5.74) is 0.125. The average molecular weight is 307 g/mol. The summed E-state index contributed by atoms with van der Waals surface area (Å²) in [5, 5.41) is 14.4. The predicted octanol–water partition coefficient (Wildman–Crippen LogP) is 3.35. The fraction of sp³-hybridized carbons (Fsp3) is 0. The first-order valence-corrected chi connectivity index (χ1v) is 8.24. The van der Waals surface area contributed by atoms with Crippen molar-refractivity contribution in [2.75, 3.05) is 0 Å². The minimum Gasteiger partial charge on any atom is -0.258 e. The average Bonchev–Trinajstić information content (AvgIpc) is 2.57. The standard InChI is InChI=1S/C18H14NO2P/c20-19(21)15-11-13-18(14-12-15)22(16-7-3-1-4-8-16)17-9-5-2-6-10-17/h1-14H. The van der Waals surface area contributed by atoms with Crippen molar-refractivity contribution in [2.45, 2.75) is 0 Å². The SMILES string of the molecule is O=[N+]([O-])c1ccc(P(c2ccccc2)c2ccccc2)cc1. The third-order valence-corrected chi connectivity index (χ3v) is 5.79. The fourth-order valence-electron chi connectivity index (χ4n) is 2.32. The van der Waals surface area contributed by atoms with Gasteiger partial charge in [-0.3, -0.25) is 10.1 Å². The lowest BCUT2D eigenvalue weighted by atomic mass is 10.3. The second-order valence-electron chi connectivity index (χ2n) is 4.78. The van der Waals surface area contributed by atoms with E-state index in [0.29, 0.717) is 0 Å². The van der Waals surface area contributed by atoms with Crippen molar-refractivity contribution >= 4 is 29.5 Å². The summed E-state index contributed by atoms with van der Waals surface area (Å²) in [5.74, 6) is 0. The first-order valence-electron chi connectivity index (χ1n) is 6.90. The summed E-state index contributed by atoms with van der Waals surface area (Å²) in [6.07, 6.45) is 0. The highest BCUT2D eigenvalue weighted by molar-refractivity contribution is 7.79. The van der Waals surface area contributed by atoms with Gasteiger partial charge in [0.15, 0.2) is 0 Å². The molecule has 4 heteroatoms. The van der Waals surface area contributed by atoms with E-state index in [4.69, 9.17) is 0 Å². The van der Waals surface area contributed by atoms with Gasteiger partial charge in [0.1, 0.15) is 0 Å². The molecule has 0 saturated heterocycles. The van der Waals surface area contributed by atoms with E-state index in [-0.39, 0.29) is 10.6 Å². The Morgan fingerprint density at radius 3 is 1.45 bits per heavy atom. The fourth-order valence-corrected chi connectivity index (χ4v) is 4.61. The zero-order valence-electron chi connectivity index (χ0n) is 11.8. The summed E-state index contributed by atoms with van der Waals surface area (Å²) in [6.45, 7) is 0. The molecule has 3 aromatic carbocycles. The van der Waals surface area contributed by atoms with Crippen molar-refractivity contribution in [3.05, 3.63) is 95.0 Å². The van der Waals surface area contributed by atoms with E-state index in [1.165, 1.54) is 10.6 Å². The van der Waals surface area contributed by atoms with E-state index in [2.05, 4.69) is 24.3 Å². The monoisotopic (exact) mass is 307 g/mol. The van der Waals surface area contributed by atoms with Crippen molar-refractivity contribution in [1.29, 1.82) is 0 Å². The van der Waals surface area contributed by atoms with Gasteiger partial charge in [-0.05, 0) is 36.0 Å². The third kappa shape index (κ3) is 3.05. The van der Waals surface area contributed by atoms with Crippen molar-refractivity contribution in [2.24, 2.45) is 0 Å². The highest BCUT2D eigenvalue weighted by Crippen LogP contribution is 2.32. The smallest absolute Gasteiger partial charge is 0.258 e. The Morgan fingerprint density at radius 2 is 1.05 bits per heavy atom. The van der Waals surface area contributed by atoms with E-state index in [9.17, 15) is 10.1 Å². The molecular weight excluding hydrogens is 293 g/mol. The number of rotatable bonds is 4. The van der Waals surface area contributed by atoms with Crippen molar-refractivity contribution in [3.63, 3.8) is 0 Å². The van der Waals surface area contributed by atoms with Crippen molar-refractivity contribution in [3.8, 4) is 0 Å². The highest BCUT2D eigenvalue weighted by Gasteiger charge is 2.17. The molecule has 0 spiro atoms. The van der Waals surface area contributed by atoms with Crippen LogP contribution in [-0.4, -0.2) is 4.92 Å². The predicted molar refractivity (Wildman–Crippen MR) is 91.8 cm³/mol. The van der Waals surface area contributed by atoms with Gasteiger partial charge in [0.2, 0.25) is 0 Å². The van der Waals surface area contributed by atoms with Gasteiger partial charge in [-0.15, -0.1) is 0 Å². The molecule has 3 aromatic rings. The maximum Gasteiger partial charge on any atom is 0.269 e. The number of nitro groups is 1. The van der Waals surface area contributed by atoms with E-state index in [1.54, 1.807) is 12.1 Å². The summed E-state index contributed by atoms with van der Waals surface area (Å²) in [6, 6.07) is 27.4. The Balaban J connectivity index is 2.08. The van der Waals surface area contributed by atoms with Crippen molar-refractivity contribution < 1.29 is 4.92 Å². The van der Waals surface area contributed by atoms with Gasteiger partial charge >= 0.3 is 0 Å². The second kappa shape index (κ2) is 6.50. The minimum atomic E-state index is -0.700. The largest absolute Gasteiger partial charge is 0.269 e. The Kier molecular flexibility index (Phi) is 4.27. The molecule has 3 nitrogen and oxygen atoms in total. The molecule has 0 saturated carbocycles. The molecule has 0 atom stereocenters. The Morgan fingerprint density at radius 1 is 0.636 bits per heavy atom. The van der Waals surface area contributed by atoms with Crippen LogP contribution < -0.4 is 15.9 Å². The van der Waals surface area contributed by atoms with Crippen LogP contribution in [0.25, 0.3) is 0 Å². The maximum atomic E-state index is 10.8. The molecule has 0 aliphatic carbocycles. The molecule has 22 heavy (non-hydrogen) atoms. The van der Waals surface area contributed by atoms with Crippen LogP contribution in [0, 0.1) is 10.1 Å². The molecule has 3 rings (SSSR count). The van der Waals surface area contributed by atoms with Crippen LogP contribution in [0.3, 0.4) is 0 Å². The highest BCUT2D eigenvalue weighted by atomic mass is 31.1. The molecule has 0 aromatic heterocycles. The molecular formula is C18H14NO2P. The first-order chi connectivity index (χ1) is 10.8. The summed E-state index contributed by atoms with van der Waals surface area (Å²) in [7, 11) is -0.700. The van der Waals surface area contributed by atoms with Gasteiger partial charge < -0.3 is 0 Å². The lowest BCUT2D eigenvalue weighted by Gasteiger charge is -2.19. The van der Waals surface area contributed by atoms with Crippen LogP contribution in [0.2, 0.25) is 0 Å². The van der Waals surface area contributed by atoms with Crippen LogP contribution in [0.1, 0.15) is 0 Å². The number of non-ortho nitro benzene ring substituents is 1. The van der Waals surface area contributed by atoms with Gasteiger partial charge in [-0.25, -0.2) is 0 Å². The van der Waals surface area contributed by atoms with E-state index >= 15 is 0 Å². The number of nitrogens with zero attached hydrogens (tertiary/aromatic N) is 1. The Hall–Kier alpha value is -2.51. The molecule has 0 aliphatic heterocycles. The van der Waals surface area contributed by atoms with Crippen LogP contribution in [0.15, 0.2) is 84.9 Å². The molecule has 108 valence electrons. The topological polar surface area (TPSA) is 43.1 Å². The Labute approximate surface area is 130 Å². The molecule has 0 N–H and O–H groups in total. The molecule has 0 radical (unpaired) electrons. The second-order valence-corrected chi connectivity index (χ2v) is 7.00. The zero-order valence-corrected chi connectivity index (χ0v) is 12.7. The van der Waals surface area contributed by atoms with Crippen LogP contribution in [-0.2, 0) is 0 Å². The number of benzene rings is 3. The lowest BCUT2D eigenvalue weighted by molar-refractivity contribution is -0.384. The van der Waals surface area contributed by atoms with Crippen LogP contribution in [0.5, 0.6) is 0 Å². The molecule has 0 unspecified atom stereocenters. The molecule has 0 amide bonds. The van der Waals surface area contributed by atoms with Gasteiger partial charge in [-0.1, -0.05) is 60.7 Å². The van der Waals surface area contributed by atoms with E-state index in [1.807, 2.05) is 48.5 Å². The van der Waals surface area contributed by atoms with Crippen molar-refractivity contribution in [1.82, 2.24) is 0 Å². The van der Waals surface area contributed by atoms with Gasteiger partial charge in [-0.2, -0.15) is 0 Å². The normalized spacial score (nSPS) is 10.6. The van der Waals surface area contributed by atoms with Gasteiger partial charge in [0.05, 0.1) is 4.92 Å². The summed E-state index contributed by atoms with van der Waals surface area (Å²) in [4.78, 5) is 10.5. The number of hydrogen-bond acceptors (Lipinski definition) is 2. The van der Waals surface area contributed by atoms with Gasteiger partial charge in [0.25, 0.3) is 5.69 Å². The summed E-state index contributed by atoms with van der Waals surface area (Å²) >= 11 is 0. The zero-order chi connectivity index (χ0) is 15.4. The van der Waals surface area contributed by atoms with Gasteiger partial charge in [0, 0.05) is 12.1 Å². The van der Waals surface area contributed by atoms with E-state index in [0.717, 1.165) is 5.30 Å². The number of hydrogen-bond donors (Lipinski definition) is 0. The van der Waals surface area contributed by atoms with E-state index < -0.39 is 7.92 Å². The minimum absolute atomic E-state index is 0.125. The first kappa shape index (κ1) is 14.4. The van der Waals surface area contributed by atoms with Crippen LogP contribution in [0.4, 0.5) is 5.69 Å². The Bertz CT molecular complexity index is 719. The third-order valence-electron chi connectivity index (χ3n) is 3.35.